The first-order chi connectivity index (χ1) is 12.6. The van der Waals surface area contributed by atoms with Gasteiger partial charge in [0.1, 0.15) is 4.20 Å². The van der Waals surface area contributed by atoms with Crippen LogP contribution < -0.4 is 4.90 Å². The van der Waals surface area contributed by atoms with E-state index in [9.17, 15) is 9.59 Å². The van der Waals surface area contributed by atoms with Crippen molar-refractivity contribution in [2.45, 2.75) is 4.90 Å². The van der Waals surface area contributed by atoms with Crippen LogP contribution in [0.25, 0.3) is 0 Å². The van der Waals surface area contributed by atoms with Crippen molar-refractivity contribution >= 4 is 43.8 Å². The van der Waals surface area contributed by atoms with E-state index in [4.69, 9.17) is 0 Å². The van der Waals surface area contributed by atoms with E-state index in [0.717, 1.165) is 10.1 Å². The minimum absolute atomic E-state index is 0.00412. The van der Waals surface area contributed by atoms with Crippen molar-refractivity contribution < 1.29 is 9.59 Å². The summed E-state index contributed by atoms with van der Waals surface area (Å²) < 4.78 is 0.816. The summed E-state index contributed by atoms with van der Waals surface area (Å²) in [6.07, 6.45) is 1.57. The first-order valence-electron chi connectivity index (χ1n) is 8.21. The zero-order valence-corrected chi connectivity index (χ0v) is 16.1. The van der Waals surface area contributed by atoms with E-state index in [2.05, 4.69) is 24.1 Å². The van der Waals surface area contributed by atoms with Crippen LogP contribution in [0.3, 0.4) is 0 Å². The molecule has 0 radical (unpaired) electrons. The number of allylic oxidation sites excluding steroid dienone is 1. The lowest BCUT2D eigenvalue weighted by Gasteiger charge is -2.10. The summed E-state index contributed by atoms with van der Waals surface area (Å²) in [6, 6.07) is 17.4. The number of ketones is 1. The molecule has 1 saturated heterocycles. The van der Waals surface area contributed by atoms with Crippen LogP contribution in [0.4, 0.5) is 5.69 Å². The third kappa shape index (κ3) is 2.89. The Bertz CT molecular complexity index is 967. The monoisotopic (exact) mass is 382 g/mol. The van der Waals surface area contributed by atoms with E-state index in [1.54, 1.807) is 30.2 Å². The van der Waals surface area contributed by atoms with Crippen LogP contribution in [0.15, 0.2) is 70.6 Å². The second-order valence-electron chi connectivity index (χ2n) is 6.15. The van der Waals surface area contributed by atoms with Crippen molar-refractivity contribution in [2.24, 2.45) is 0 Å². The summed E-state index contributed by atoms with van der Waals surface area (Å²) >= 11 is 1.43. The van der Waals surface area contributed by atoms with Crippen molar-refractivity contribution in [1.29, 1.82) is 0 Å². The molecule has 132 valence electrons. The van der Waals surface area contributed by atoms with Crippen molar-refractivity contribution in [3.05, 3.63) is 71.3 Å². The summed E-state index contributed by atoms with van der Waals surface area (Å²) in [5, 5.41) is 0.693. The van der Waals surface area contributed by atoms with Gasteiger partial charge in [-0.15, -0.1) is 10.5 Å². The van der Waals surface area contributed by atoms with Crippen LogP contribution in [-0.4, -0.2) is 40.8 Å². The third-order valence-corrected chi connectivity index (χ3v) is 8.37. The average Bonchev–Trinajstić information content (AvgIpc) is 3.14. The number of fused-ring (bicyclic) bond motifs is 1. The van der Waals surface area contributed by atoms with Crippen LogP contribution in [0.5, 0.6) is 0 Å². The number of hydrogen-bond donors (Lipinski definition) is 0. The van der Waals surface area contributed by atoms with Crippen LogP contribution in [0.2, 0.25) is 0 Å². The van der Waals surface area contributed by atoms with Gasteiger partial charge >= 0.3 is 0 Å². The number of rotatable bonds is 2. The number of benzene rings is 2. The highest BCUT2D eigenvalue weighted by molar-refractivity contribution is 8.37. The Morgan fingerprint density at radius 2 is 1.77 bits per heavy atom. The molecule has 2 aliphatic rings. The van der Waals surface area contributed by atoms with E-state index in [1.165, 1.54) is 22.3 Å². The van der Waals surface area contributed by atoms with Gasteiger partial charge in [-0.05, 0) is 12.1 Å². The van der Waals surface area contributed by atoms with Crippen LogP contribution in [0, 0.1) is 0 Å². The molecular formula is C20H18N2O2S2. The molecule has 0 aliphatic carbocycles. The lowest BCUT2D eigenvalue weighted by Crippen LogP contribution is -2.22. The highest BCUT2D eigenvalue weighted by Crippen LogP contribution is 2.48. The highest BCUT2D eigenvalue weighted by Gasteiger charge is 2.35. The molecule has 0 saturated carbocycles. The molecule has 26 heavy (non-hydrogen) atoms. The molecule has 1 unspecified atom stereocenters. The van der Waals surface area contributed by atoms with Crippen LogP contribution in [0.1, 0.15) is 10.4 Å². The van der Waals surface area contributed by atoms with Gasteiger partial charge in [-0.2, -0.15) is 0 Å². The molecule has 1 fully saturated rings. The highest BCUT2D eigenvalue weighted by atomic mass is 32.2. The van der Waals surface area contributed by atoms with Crippen LogP contribution in [-0.2, 0) is 4.79 Å². The summed E-state index contributed by atoms with van der Waals surface area (Å²) in [4.78, 5) is 30.3. The van der Waals surface area contributed by atoms with Gasteiger partial charge in [-0.1, -0.05) is 54.2 Å². The Hall–Kier alpha value is -2.31. The molecule has 0 bridgehead atoms. The molecule has 1 atom stereocenters. The summed E-state index contributed by atoms with van der Waals surface area (Å²) in [5.74, 6) is 0.720. The van der Waals surface area contributed by atoms with Gasteiger partial charge in [-0.3, -0.25) is 9.59 Å². The van der Waals surface area contributed by atoms with E-state index in [-0.39, 0.29) is 22.2 Å². The van der Waals surface area contributed by atoms with Gasteiger partial charge in [-0.25, -0.2) is 0 Å². The standard InChI is InChI=1S/C20H18N2O2S2/c1-21-13-26(17-11-7-6-10-15(17)21)20-19(24)22(2)18(25-20)12-16(23)14-8-4-3-5-9-14/h3-12H,13H2,1-2H3. The van der Waals surface area contributed by atoms with E-state index >= 15 is 0 Å². The predicted molar refractivity (Wildman–Crippen MR) is 110 cm³/mol. The smallest absolute Gasteiger partial charge is 0.271 e. The fourth-order valence-corrected chi connectivity index (χ4v) is 6.93. The SMILES string of the molecule is CN1C(=O)C(=S2CN(C)c3ccccc32)SC1=CC(=O)c1ccccc1. The second kappa shape index (κ2) is 6.78. The lowest BCUT2D eigenvalue weighted by molar-refractivity contribution is -0.120. The van der Waals surface area contributed by atoms with Gasteiger partial charge in [0.15, 0.2) is 5.78 Å². The number of carbonyl (C=O) groups excluding carboxylic acids is 2. The predicted octanol–water partition coefficient (Wildman–Crippen LogP) is 3.78. The molecule has 2 heterocycles. The number of anilines is 1. The summed E-state index contributed by atoms with van der Waals surface area (Å²) in [7, 11) is 3.51. The van der Waals surface area contributed by atoms with Crippen molar-refractivity contribution in [3.8, 4) is 0 Å². The third-order valence-electron chi connectivity index (χ3n) is 4.41. The Labute approximate surface area is 159 Å². The first kappa shape index (κ1) is 17.1. The first-order valence-corrected chi connectivity index (χ1v) is 10.4. The Morgan fingerprint density at radius 3 is 2.54 bits per heavy atom. The molecule has 0 spiro atoms. The molecule has 0 N–H and O–H groups in total. The maximum atomic E-state index is 12.8. The van der Waals surface area contributed by atoms with Gasteiger partial charge < -0.3 is 9.80 Å². The average molecular weight is 383 g/mol. The minimum Gasteiger partial charge on any atom is -0.365 e. The Morgan fingerprint density at radius 1 is 1.08 bits per heavy atom. The number of thioether (sulfide) groups is 1. The van der Waals surface area contributed by atoms with Gasteiger partial charge in [0, 0.05) is 30.6 Å². The van der Waals surface area contributed by atoms with Gasteiger partial charge in [0.25, 0.3) is 5.91 Å². The fraction of sp³-hybridized carbons (Fsp3) is 0.150. The maximum Gasteiger partial charge on any atom is 0.271 e. The molecule has 1 amide bonds. The molecule has 6 heteroatoms. The number of nitrogens with zero attached hydrogens (tertiary/aromatic N) is 2. The van der Waals surface area contributed by atoms with E-state index in [1.807, 2.05) is 30.3 Å². The van der Waals surface area contributed by atoms with Crippen molar-refractivity contribution in [2.75, 3.05) is 24.9 Å². The van der Waals surface area contributed by atoms with Crippen molar-refractivity contribution in [3.63, 3.8) is 0 Å². The summed E-state index contributed by atoms with van der Waals surface area (Å²) in [6.45, 7) is 0. The van der Waals surface area contributed by atoms with Crippen LogP contribution >= 0.6 is 22.2 Å². The maximum absolute atomic E-state index is 12.8. The number of hydrogen-bond acceptors (Lipinski definition) is 4. The van der Waals surface area contributed by atoms with E-state index < -0.39 is 0 Å². The molecule has 2 aliphatic heterocycles. The topological polar surface area (TPSA) is 40.6 Å². The minimum atomic E-state index is -0.276. The molecule has 0 aromatic heterocycles. The second-order valence-corrected chi connectivity index (χ2v) is 9.33. The quantitative estimate of drug-likeness (QED) is 0.450. The Balaban J connectivity index is 1.71. The number of amides is 1. The molecule has 4 nitrogen and oxygen atoms in total. The number of para-hydroxylation sites is 1. The Kier molecular flexibility index (Phi) is 4.46. The molecule has 2 aromatic rings. The van der Waals surface area contributed by atoms with Gasteiger partial charge in [0.2, 0.25) is 0 Å². The largest absolute Gasteiger partial charge is 0.365 e. The van der Waals surface area contributed by atoms with Crippen molar-refractivity contribution in [1.82, 2.24) is 4.90 Å². The lowest BCUT2D eigenvalue weighted by atomic mass is 10.1. The van der Waals surface area contributed by atoms with Gasteiger partial charge in [0.05, 0.1) is 16.6 Å². The summed E-state index contributed by atoms with van der Waals surface area (Å²) in [5.41, 5.74) is 1.81. The zero-order valence-electron chi connectivity index (χ0n) is 14.5. The fourth-order valence-electron chi connectivity index (χ4n) is 3.00. The normalized spacial score (nSPS) is 22.2. The van der Waals surface area contributed by atoms with E-state index in [0.29, 0.717) is 10.6 Å². The molecule has 4 rings (SSSR count). The molecular weight excluding hydrogens is 364 g/mol. The number of carbonyl (C=O) groups is 2. The zero-order chi connectivity index (χ0) is 18.3. The molecule has 2 aromatic carbocycles.